The summed E-state index contributed by atoms with van der Waals surface area (Å²) in [5.74, 6) is 1.46. The SMILES string of the molecule is CCCC(CCO)CNc1ncc(Br)cc1C. The topological polar surface area (TPSA) is 45.1 Å². The third-order valence-corrected chi connectivity index (χ3v) is 3.27. The number of nitrogens with zero attached hydrogens (tertiary/aromatic N) is 1. The van der Waals surface area contributed by atoms with Crippen LogP contribution in [-0.4, -0.2) is 23.2 Å². The number of nitrogens with one attached hydrogen (secondary N) is 1. The highest BCUT2D eigenvalue weighted by Crippen LogP contribution is 2.18. The van der Waals surface area contributed by atoms with Crippen LogP contribution in [0.5, 0.6) is 0 Å². The highest BCUT2D eigenvalue weighted by molar-refractivity contribution is 9.10. The molecule has 0 bridgehead atoms. The molecule has 96 valence electrons. The molecule has 2 N–H and O–H groups in total. The molecule has 0 saturated heterocycles. The molecular formula is C13H21BrN2O. The highest BCUT2D eigenvalue weighted by Gasteiger charge is 2.08. The van der Waals surface area contributed by atoms with E-state index < -0.39 is 0 Å². The molecule has 3 nitrogen and oxygen atoms in total. The minimum absolute atomic E-state index is 0.263. The average molecular weight is 301 g/mol. The lowest BCUT2D eigenvalue weighted by Crippen LogP contribution is -2.16. The van der Waals surface area contributed by atoms with Crippen LogP contribution in [0.2, 0.25) is 0 Å². The summed E-state index contributed by atoms with van der Waals surface area (Å²) in [6.45, 7) is 5.36. The Morgan fingerprint density at radius 3 is 2.82 bits per heavy atom. The number of hydrogen-bond donors (Lipinski definition) is 2. The number of halogens is 1. The monoisotopic (exact) mass is 300 g/mol. The van der Waals surface area contributed by atoms with Crippen LogP contribution in [0.4, 0.5) is 5.82 Å². The predicted octanol–water partition coefficient (Wildman–Crippen LogP) is 3.36. The lowest BCUT2D eigenvalue weighted by Gasteiger charge is -2.17. The number of hydrogen-bond acceptors (Lipinski definition) is 3. The van der Waals surface area contributed by atoms with E-state index in [-0.39, 0.29) is 6.61 Å². The van der Waals surface area contributed by atoms with Gasteiger partial charge < -0.3 is 10.4 Å². The van der Waals surface area contributed by atoms with Crippen molar-refractivity contribution in [2.75, 3.05) is 18.5 Å². The van der Waals surface area contributed by atoms with Crippen molar-refractivity contribution in [2.24, 2.45) is 5.92 Å². The molecule has 1 unspecified atom stereocenters. The standard InChI is InChI=1S/C13H21BrN2O/c1-3-4-11(5-6-17)8-15-13-10(2)7-12(14)9-16-13/h7,9,11,17H,3-6,8H2,1-2H3,(H,15,16). The van der Waals surface area contributed by atoms with Crippen molar-refractivity contribution >= 4 is 21.7 Å². The summed E-state index contributed by atoms with van der Waals surface area (Å²) in [6.07, 6.45) is 4.95. The second-order valence-electron chi connectivity index (χ2n) is 4.37. The van der Waals surface area contributed by atoms with Crippen LogP contribution >= 0.6 is 15.9 Å². The van der Waals surface area contributed by atoms with Gasteiger partial charge in [-0.1, -0.05) is 13.3 Å². The van der Waals surface area contributed by atoms with Gasteiger partial charge in [0, 0.05) is 23.8 Å². The maximum atomic E-state index is 9.00. The lowest BCUT2D eigenvalue weighted by atomic mass is 10.0. The van der Waals surface area contributed by atoms with Crippen LogP contribution in [0.25, 0.3) is 0 Å². The second-order valence-corrected chi connectivity index (χ2v) is 5.28. The number of rotatable bonds is 7. The summed E-state index contributed by atoms with van der Waals surface area (Å²) in [5.41, 5.74) is 1.14. The Bertz CT molecular complexity index is 338. The van der Waals surface area contributed by atoms with E-state index >= 15 is 0 Å². The summed E-state index contributed by atoms with van der Waals surface area (Å²) >= 11 is 3.40. The van der Waals surface area contributed by atoms with Gasteiger partial charge >= 0.3 is 0 Å². The highest BCUT2D eigenvalue weighted by atomic mass is 79.9. The number of aliphatic hydroxyl groups excluding tert-OH is 1. The van der Waals surface area contributed by atoms with Gasteiger partial charge in [-0.05, 0) is 53.2 Å². The molecule has 0 aliphatic carbocycles. The average Bonchev–Trinajstić information content (AvgIpc) is 2.28. The fraction of sp³-hybridized carbons (Fsp3) is 0.615. The molecule has 1 rings (SSSR count). The van der Waals surface area contributed by atoms with E-state index in [9.17, 15) is 0 Å². The van der Waals surface area contributed by atoms with E-state index in [0.29, 0.717) is 5.92 Å². The first-order chi connectivity index (χ1) is 8.17. The number of pyridine rings is 1. The van der Waals surface area contributed by atoms with Gasteiger partial charge in [-0.25, -0.2) is 4.98 Å². The minimum Gasteiger partial charge on any atom is -0.396 e. The summed E-state index contributed by atoms with van der Waals surface area (Å²) in [4.78, 5) is 4.35. The first-order valence-corrected chi connectivity index (χ1v) is 6.93. The number of aryl methyl sites for hydroxylation is 1. The first-order valence-electron chi connectivity index (χ1n) is 6.14. The summed E-state index contributed by atoms with van der Waals surface area (Å²) in [5, 5.41) is 12.4. The van der Waals surface area contributed by atoms with Crippen molar-refractivity contribution in [2.45, 2.75) is 33.1 Å². The molecule has 17 heavy (non-hydrogen) atoms. The normalized spacial score (nSPS) is 12.5. The number of aromatic nitrogens is 1. The van der Waals surface area contributed by atoms with Gasteiger partial charge in [0.25, 0.3) is 0 Å². The van der Waals surface area contributed by atoms with Crippen LogP contribution in [0, 0.1) is 12.8 Å². The zero-order valence-electron chi connectivity index (χ0n) is 10.5. The van der Waals surface area contributed by atoms with E-state index in [1.54, 1.807) is 6.20 Å². The molecule has 1 heterocycles. The molecule has 0 aromatic carbocycles. The zero-order valence-corrected chi connectivity index (χ0v) is 12.1. The molecule has 1 atom stereocenters. The van der Waals surface area contributed by atoms with Crippen LogP contribution in [0.1, 0.15) is 31.7 Å². The fourth-order valence-corrected chi connectivity index (χ4v) is 2.35. The van der Waals surface area contributed by atoms with Crippen molar-refractivity contribution < 1.29 is 5.11 Å². The van der Waals surface area contributed by atoms with Gasteiger partial charge in [-0.2, -0.15) is 0 Å². The largest absolute Gasteiger partial charge is 0.396 e. The van der Waals surface area contributed by atoms with E-state index in [4.69, 9.17) is 5.11 Å². The summed E-state index contributed by atoms with van der Waals surface area (Å²) in [7, 11) is 0. The molecule has 1 aromatic heterocycles. The second kappa shape index (κ2) is 7.67. The molecule has 0 spiro atoms. The van der Waals surface area contributed by atoms with Crippen LogP contribution in [-0.2, 0) is 0 Å². The Morgan fingerprint density at radius 2 is 2.24 bits per heavy atom. The molecule has 1 aromatic rings. The Labute approximate surface area is 112 Å². The van der Waals surface area contributed by atoms with Crippen LogP contribution < -0.4 is 5.32 Å². The molecule has 4 heteroatoms. The minimum atomic E-state index is 0.263. The lowest BCUT2D eigenvalue weighted by molar-refractivity contribution is 0.255. The molecule has 0 radical (unpaired) electrons. The van der Waals surface area contributed by atoms with Crippen molar-refractivity contribution in [1.29, 1.82) is 0 Å². The molecule has 0 amide bonds. The van der Waals surface area contributed by atoms with Gasteiger partial charge in [-0.3, -0.25) is 0 Å². The maximum absolute atomic E-state index is 9.00. The van der Waals surface area contributed by atoms with Gasteiger partial charge in [0.1, 0.15) is 5.82 Å². The Morgan fingerprint density at radius 1 is 1.47 bits per heavy atom. The van der Waals surface area contributed by atoms with Gasteiger partial charge in [0.05, 0.1) is 0 Å². The van der Waals surface area contributed by atoms with Crippen molar-refractivity contribution in [3.63, 3.8) is 0 Å². The van der Waals surface area contributed by atoms with E-state index in [1.807, 2.05) is 6.92 Å². The van der Waals surface area contributed by atoms with Crippen molar-refractivity contribution in [3.8, 4) is 0 Å². The molecule has 0 fully saturated rings. The third-order valence-electron chi connectivity index (χ3n) is 2.84. The van der Waals surface area contributed by atoms with Crippen LogP contribution in [0.15, 0.2) is 16.7 Å². The Balaban J connectivity index is 2.52. The van der Waals surface area contributed by atoms with Crippen molar-refractivity contribution in [3.05, 3.63) is 22.3 Å². The Kier molecular flexibility index (Phi) is 6.52. The van der Waals surface area contributed by atoms with Gasteiger partial charge in [0.15, 0.2) is 0 Å². The fourth-order valence-electron chi connectivity index (χ4n) is 1.91. The summed E-state index contributed by atoms with van der Waals surface area (Å²) in [6, 6.07) is 2.05. The van der Waals surface area contributed by atoms with Crippen molar-refractivity contribution in [1.82, 2.24) is 4.98 Å². The van der Waals surface area contributed by atoms with E-state index in [0.717, 1.165) is 41.7 Å². The molecule has 0 aliphatic rings. The number of aliphatic hydroxyl groups is 1. The molecule has 0 saturated carbocycles. The maximum Gasteiger partial charge on any atom is 0.128 e. The summed E-state index contributed by atoms with van der Waals surface area (Å²) < 4.78 is 1.00. The predicted molar refractivity (Wildman–Crippen MR) is 75.3 cm³/mol. The Hall–Kier alpha value is -0.610. The van der Waals surface area contributed by atoms with Crippen LogP contribution in [0.3, 0.4) is 0 Å². The third kappa shape index (κ3) is 5.04. The zero-order chi connectivity index (χ0) is 12.7. The van der Waals surface area contributed by atoms with Gasteiger partial charge in [0.2, 0.25) is 0 Å². The molecular weight excluding hydrogens is 280 g/mol. The van der Waals surface area contributed by atoms with E-state index in [2.05, 4.69) is 39.2 Å². The molecule has 0 aliphatic heterocycles. The quantitative estimate of drug-likeness (QED) is 0.811. The first kappa shape index (κ1) is 14.5. The van der Waals surface area contributed by atoms with Gasteiger partial charge in [-0.15, -0.1) is 0 Å². The smallest absolute Gasteiger partial charge is 0.128 e. The van der Waals surface area contributed by atoms with E-state index in [1.165, 1.54) is 0 Å². The number of anilines is 1.